The summed E-state index contributed by atoms with van der Waals surface area (Å²) in [6.07, 6.45) is 2.13. The molecule has 1 saturated heterocycles. The molecule has 1 fully saturated rings. The largest absolute Gasteiger partial charge is 0.373 e. The van der Waals surface area contributed by atoms with E-state index in [-0.39, 0.29) is 17.6 Å². The Kier molecular flexibility index (Phi) is 4.79. The highest BCUT2D eigenvalue weighted by Gasteiger charge is 2.23. The number of carbonyl (C=O) groups is 1. The average molecular weight is 389 g/mol. The number of hydrogen-bond donors (Lipinski definition) is 1. The number of benzene rings is 1. The second-order valence-corrected chi connectivity index (χ2v) is 5.98. The van der Waals surface area contributed by atoms with Gasteiger partial charge < -0.3 is 10.2 Å². The summed E-state index contributed by atoms with van der Waals surface area (Å²) in [7, 11) is 0. The molecular formula is C13H16IN3O3. The predicted molar refractivity (Wildman–Crippen MR) is 84.7 cm³/mol. The van der Waals surface area contributed by atoms with Crippen molar-refractivity contribution in [2.75, 3.05) is 18.4 Å². The van der Waals surface area contributed by atoms with Gasteiger partial charge >= 0.3 is 0 Å². The molecule has 2 rings (SSSR count). The number of likely N-dealkylation sites (tertiary alicyclic amines) is 1. The van der Waals surface area contributed by atoms with E-state index in [1.807, 2.05) is 34.4 Å². The minimum atomic E-state index is -0.426. The Morgan fingerprint density at radius 2 is 2.10 bits per heavy atom. The van der Waals surface area contributed by atoms with Gasteiger partial charge in [-0.3, -0.25) is 14.9 Å². The highest BCUT2D eigenvalue weighted by Crippen LogP contribution is 2.24. The van der Waals surface area contributed by atoms with Crippen LogP contribution < -0.4 is 5.32 Å². The van der Waals surface area contributed by atoms with E-state index in [2.05, 4.69) is 5.32 Å². The third-order valence-electron chi connectivity index (χ3n) is 3.32. The van der Waals surface area contributed by atoms with Gasteiger partial charge in [0.2, 0.25) is 5.91 Å². The first kappa shape index (κ1) is 15.0. The molecule has 1 aliphatic rings. The summed E-state index contributed by atoms with van der Waals surface area (Å²) in [4.78, 5) is 24.3. The first-order valence-electron chi connectivity index (χ1n) is 6.48. The highest BCUT2D eigenvalue weighted by atomic mass is 127. The Morgan fingerprint density at radius 3 is 2.65 bits per heavy atom. The molecule has 0 aliphatic carbocycles. The summed E-state index contributed by atoms with van der Waals surface area (Å²) in [6.45, 7) is 3.46. The van der Waals surface area contributed by atoms with Gasteiger partial charge in [0, 0.05) is 34.5 Å². The number of non-ortho nitro benzene ring substituents is 1. The number of amides is 1. The van der Waals surface area contributed by atoms with Crippen LogP contribution in [0.5, 0.6) is 0 Å². The molecule has 1 amide bonds. The number of rotatable bonds is 4. The molecule has 20 heavy (non-hydrogen) atoms. The maximum Gasteiger partial charge on any atom is 0.270 e. The Morgan fingerprint density at radius 1 is 1.45 bits per heavy atom. The van der Waals surface area contributed by atoms with E-state index in [1.165, 1.54) is 12.1 Å². The van der Waals surface area contributed by atoms with Gasteiger partial charge in [-0.2, -0.15) is 0 Å². The second kappa shape index (κ2) is 6.38. The van der Waals surface area contributed by atoms with Crippen molar-refractivity contribution < 1.29 is 9.72 Å². The molecule has 108 valence electrons. The van der Waals surface area contributed by atoms with Gasteiger partial charge in [-0.1, -0.05) is 0 Å². The maximum absolute atomic E-state index is 12.2. The van der Waals surface area contributed by atoms with E-state index in [1.54, 1.807) is 6.07 Å². The van der Waals surface area contributed by atoms with Crippen molar-refractivity contribution in [2.45, 2.75) is 25.8 Å². The Labute approximate surface area is 130 Å². The van der Waals surface area contributed by atoms with Crippen molar-refractivity contribution in [2.24, 2.45) is 0 Å². The molecule has 0 radical (unpaired) electrons. The standard InChI is InChI=1S/C13H16IN3O3/c1-9(13(18)16-6-2-3-7-16)15-12-5-4-10(17(19)20)8-11(12)14/h4-5,8-9,15H,2-3,6-7H2,1H3. The van der Waals surface area contributed by atoms with Crippen molar-refractivity contribution >= 4 is 39.9 Å². The van der Waals surface area contributed by atoms with E-state index in [0.29, 0.717) is 0 Å². The molecule has 1 aromatic rings. The molecule has 7 heteroatoms. The molecule has 0 bridgehead atoms. The zero-order chi connectivity index (χ0) is 14.7. The van der Waals surface area contributed by atoms with Gasteiger partial charge in [-0.25, -0.2) is 0 Å². The molecule has 1 heterocycles. The van der Waals surface area contributed by atoms with Crippen LogP contribution in [0, 0.1) is 13.7 Å². The van der Waals surface area contributed by atoms with Gasteiger partial charge in [0.1, 0.15) is 6.04 Å². The van der Waals surface area contributed by atoms with E-state index in [0.717, 1.165) is 35.2 Å². The number of nitro benzene ring substituents is 1. The summed E-state index contributed by atoms with van der Waals surface area (Å²) in [6, 6.07) is 4.25. The molecule has 0 aromatic heterocycles. The third-order valence-corrected chi connectivity index (χ3v) is 4.22. The average Bonchev–Trinajstić information content (AvgIpc) is 2.93. The molecular weight excluding hydrogens is 373 g/mol. The van der Waals surface area contributed by atoms with Crippen molar-refractivity contribution in [1.82, 2.24) is 4.90 Å². The fourth-order valence-electron chi connectivity index (χ4n) is 2.24. The zero-order valence-corrected chi connectivity index (χ0v) is 13.3. The van der Waals surface area contributed by atoms with Crippen LogP contribution in [-0.2, 0) is 4.79 Å². The number of nitrogens with one attached hydrogen (secondary N) is 1. The molecule has 1 atom stereocenters. The van der Waals surface area contributed by atoms with Crippen LogP contribution >= 0.6 is 22.6 Å². The van der Waals surface area contributed by atoms with Crippen LogP contribution in [0.15, 0.2) is 18.2 Å². The number of anilines is 1. The Bertz CT molecular complexity index is 530. The van der Waals surface area contributed by atoms with Gasteiger partial charge in [0.05, 0.1) is 4.92 Å². The maximum atomic E-state index is 12.2. The van der Waals surface area contributed by atoms with Crippen LogP contribution in [-0.4, -0.2) is 34.9 Å². The van der Waals surface area contributed by atoms with Crippen molar-refractivity contribution in [3.05, 3.63) is 31.9 Å². The minimum Gasteiger partial charge on any atom is -0.373 e. The Balaban J connectivity index is 2.05. The number of hydrogen-bond acceptors (Lipinski definition) is 4. The lowest BCUT2D eigenvalue weighted by Gasteiger charge is -2.22. The zero-order valence-electron chi connectivity index (χ0n) is 11.1. The molecule has 1 N–H and O–H groups in total. The second-order valence-electron chi connectivity index (χ2n) is 4.82. The number of halogens is 1. The van der Waals surface area contributed by atoms with Crippen LogP contribution in [0.2, 0.25) is 0 Å². The minimum absolute atomic E-state index is 0.0541. The number of nitrogens with zero attached hydrogens (tertiary/aromatic N) is 2. The summed E-state index contributed by atoms with van der Waals surface area (Å²) in [5.41, 5.74) is 0.801. The van der Waals surface area contributed by atoms with Crippen LogP contribution in [0.1, 0.15) is 19.8 Å². The van der Waals surface area contributed by atoms with Gasteiger partial charge in [0.15, 0.2) is 0 Å². The van der Waals surface area contributed by atoms with Gasteiger partial charge in [-0.15, -0.1) is 0 Å². The first-order chi connectivity index (χ1) is 9.49. The van der Waals surface area contributed by atoms with Gasteiger partial charge in [-0.05, 0) is 48.4 Å². The SMILES string of the molecule is CC(Nc1ccc([N+](=O)[O-])cc1I)C(=O)N1CCCC1. The van der Waals surface area contributed by atoms with Crippen molar-refractivity contribution in [1.29, 1.82) is 0 Å². The molecule has 0 saturated carbocycles. The number of carbonyl (C=O) groups excluding carboxylic acids is 1. The third kappa shape index (κ3) is 3.38. The van der Waals surface area contributed by atoms with Crippen LogP contribution in [0.25, 0.3) is 0 Å². The van der Waals surface area contributed by atoms with Crippen molar-refractivity contribution in [3.63, 3.8) is 0 Å². The normalized spacial score (nSPS) is 16.0. The lowest BCUT2D eigenvalue weighted by molar-refractivity contribution is -0.384. The Hall–Kier alpha value is -1.38. The summed E-state index contributed by atoms with van der Waals surface area (Å²) >= 11 is 2.03. The van der Waals surface area contributed by atoms with E-state index in [4.69, 9.17) is 0 Å². The lowest BCUT2D eigenvalue weighted by Crippen LogP contribution is -2.39. The molecule has 1 aliphatic heterocycles. The van der Waals surface area contributed by atoms with E-state index < -0.39 is 4.92 Å². The quantitative estimate of drug-likeness (QED) is 0.488. The smallest absolute Gasteiger partial charge is 0.270 e. The lowest BCUT2D eigenvalue weighted by atomic mass is 10.2. The summed E-state index contributed by atoms with van der Waals surface area (Å²) in [5.74, 6) is 0.0802. The summed E-state index contributed by atoms with van der Waals surface area (Å²) in [5, 5.41) is 13.8. The molecule has 6 nitrogen and oxygen atoms in total. The summed E-state index contributed by atoms with van der Waals surface area (Å²) < 4.78 is 0.734. The highest BCUT2D eigenvalue weighted by molar-refractivity contribution is 14.1. The van der Waals surface area contributed by atoms with Gasteiger partial charge in [0.25, 0.3) is 5.69 Å². The monoisotopic (exact) mass is 389 g/mol. The van der Waals surface area contributed by atoms with Crippen LogP contribution in [0.3, 0.4) is 0 Å². The molecule has 0 spiro atoms. The fraction of sp³-hybridized carbons (Fsp3) is 0.462. The molecule has 1 aromatic carbocycles. The first-order valence-corrected chi connectivity index (χ1v) is 7.56. The van der Waals surface area contributed by atoms with Crippen molar-refractivity contribution in [3.8, 4) is 0 Å². The predicted octanol–water partition coefficient (Wildman–Crippen LogP) is 2.62. The van der Waals surface area contributed by atoms with E-state index in [9.17, 15) is 14.9 Å². The molecule has 1 unspecified atom stereocenters. The topological polar surface area (TPSA) is 75.5 Å². The van der Waals surface area contributed by atoms with Crippen LogP contribution in [0.4, 0.5) is 11.4 Å². The van der Waals surface area contributed by atoms with E-state index >= 15 is 0 Å². The fourth-order valence-corrected chi connectivity index (χ4v) is 2.90. The number of nitro groups is 1.